The van der Waals surface area contributed by atoms with Gasteiger partial charge < -0.3 is 4.57 Å². The summed E-state index contributed by atoms with van der Waals surface area (Å²) in [4.78, 5) is 24.7. The minimum absolute atomic E-state index is 0.00692. The molecule has 2 heterocycles. The molecule has 150 valence electrons. The maximum Gasteiger partial charge on any atom is 0.240 e. The van der Waals surface area contributed by atoms with E-state index in [1.807, 2.05) is 0 Å². The van der Waals surface area contributed by atoms with Crippen molar-refractivity contribution in [2.75, 3.05) is 0 Å². The Hall–Kier alpha value is -2.49. The summed E-state index contributed by atoms with van der Waals surface area (Å²) < 4.78 is 28.5. The Kier molecular flexibility index (Phi) is 5.28. The fraction of sp³-hybridized carbons (Fsp3) is 0.222. The molecule has 2 atom stereocenters. The van der Waals surface area contributed by atoms with Gasteiger partial charge in [0.05, 0.1) is 24.0 Å². The number of imidazole rings is 1. The average molecular weight is 452 g/mol. The summed E-state index contributed by atoms with van der Waals surface area (Å²) in [6, 6.07) is 8.43. The smallest absolute Gasteiger partial charge is 0.240 e. The molecule has 1 amide bonds. The number of carbonyl (C=O) groups excluding carboxylic acids is 1. The molecule has 0 bridgehead atoms. The zero-order valence-corrected chi connectivity index (χ0v) is 17.2. The van der Waals surface area contributed by atoms with E-state index in [1.54, 1.807) is 53.4 Å². The predicted molar refractivity (Wildman–Crippen MR) is 109 cm³/mol. The fourth-order valence-electron chi connectivity index (χ4n) is 3.24. The third-order valence-corrected chi connectivity index (χ3v) is 6.22. The standard InChI is InChI=1S/C18H15Cl2N5O3S/c19-15-14-16(23-18(20)22-15)25(10-21-14)13-7-6-12(8-13)17(26)24-29(27,28)9-11-4-2-1-3-5-11/h1-7,10,12-13H,8-9H2,(H,24,26)/t12-,13+/m1/s1. The van der Waals surface area contributed by atoms with E-state index in [0.717, 1.165) is 0 Å². The molecule has 4 rings (SSSR count). The Morgan fingerprint density at radius 2 is 1.93 bits per heavy atom. The monoisotopic (exact) mass is 451 g/mol. The SMILES string of the molecule is O=C(NS(=O)(=O)Cc1ccccc1)[C@@H]1C=C[C@H](n2cnc3c(Cl)nc(Cl)nc32)C1. The maximum atomic E-state index is 12.5. The van der Waals surface area contributed by atoms with Crippen molar-refractivity contribution >= 4 is 50.3 Å². The lowest BCUT2D eigenvalue weighted by atomic mass is 10.1. The highest BCUT2D eigenvalue weighted by molar-refractivity contribution is 7.89. The highest BCUT2D eigenvalue weighted by Gasteiger charge is 2.29. The number of allylic oxidation sites excluding steroid dienone is 1. The number of amides is 1. The summed E-state index contributed by atoms with van der Waals surface area (Å²) in [5, 5.41) is 0.134. The quantitative estimate of drug-likeness (QED) is 0.363. The molecule has 1 aliphatic rings. The van der Waals surface area contributed by atoms with Crippen LogP contribution in [-0.2, 0) is 20.6 Å². The van der Waals surface area contributed by atoms with E-state index >= 15 is 0 Å². The number of hydrogen-bond donors (Lipinski definition) is 1. The Morgan fingerprint density at radius 3 is 2.69 bits per heavy atom. The van der Waals surface area contributed by atoms with E-state index < -0.39 is 21.8 Å². The van der Waals surface area contributed by atoms with Crippen molar-refractivity contribution in [2.24, 2.45) is 5.92 Å². The number of aromatic nitrogens is 4. The van der Waals surface area contributed by atoms with Gasteiger partial charge in [-0.15, -0.1) is 0 Å². The van der Waals surface area contributed by atoms with Crippen LogP contribution >= 0.6 is 23.2 Å². The second kappa shape index (κ2) is 7.74. The van der Waals surface area contributed by atoms with Crippen molar-refractivity contribution in [3.63, 3.8) is 0 Å². The summed E-state index contributed by atoms with van der Waals surface area (Å²) in [5.74, 6) is -1.44. The molecule has 0 fully saturated rings. The van der Waals surface area contributed by atoms with Crippen molar-refractivity contribution in [3.8, 4) is 0 Å². The third kappa shape index (κ3) is 4.26. The first kappa shape index (κ1) is 19.8. The van der Waals surface area contributed by atoms with Gasteiger partial charge in [0, 0.05) is 0 Å². The minimum Gasteiger partial charge on any atom is -0.308 e. The summed E-state index contributed by atoms with van der Waals surface area (Å²) in [6.07, 6.45) is 5.38. The summed E-state index contributed by atoms with van der Waals surface area (Å²) in [7, 11) is -3.80. The number of rotatable bonds is 5. The van der Waals surface area contributed by atoms with Crippen molar-refractivity contribution < 1.29 is 13.2 Å². The van der Waals surface area contributed by atoms with Gasteiger partial charge >= 0.3 is 0 Å². The lowest BCUT2D eigenvalue weighted by molar-refractivity contribution is -0.121. The predicted octanol–water partition coefficient (Wildman–Crippen LogP) is 2.90. The zero-order chi connectivity index (χ0) is 20.6. The van der Waals surface area contributed by atoms with Gasteiger partial charge in [0.25, 0.3) is 0 Å². The van der Waals surface area contributed by atoms with Crippen LogP contribution in [0.25, 0.3) is 11.2 Å². The van der Waals surface area contributed by atoms with Crippen LogP contribution in [0.5, 0.6) is 0 Å². The van der Waals surface area contributed by atoms with Gasteiger partial charge in [0.1, 0.15) is 5.52 Å². The van der Waals surface area contributed by atoms with Crippen LogP contribution in [0.2, 0.25) is 10.4 Å². The van der Waals surface area contributed by atoms with Gasteiger partial charge in [-0.3, -0.25) is 9.52 Å². The molecule has 8 nitrogen and oxygen atoms in total. The van der Waals surface area contributed by atoms with E-state index in [0.29, 0.717) is 23.1 Å². The molecule has 1 aromatic carbocycles. The Bertz CT molecular complexity index is 1210. The topological polar surface area (TPSA) is 107 Å². The van der Waals surface area contributed by atoms with Crippen LogP contribution in [0.4, 0.5) is 0 Å². The molecule has 0 radical (unpaired) electrons. The highest BCUT2D eigenvalue weighted by atomic mass is 35.5. The van der Waals surface area contributed by atoms with E-state index in [4.69, 9.17) is 23.2 Å². The largest absolute Gasteiger partial charge is 0.308 e. The molecular formula is C18H15Cl2N5O3S. The molecular weight excluding hydrogens is 437 g/mol. The molecule has 1 aliphatic carbocycles. The lowest BCUT2D eigenvalue weighted by Crippen LogP contribution is -2.35. The van der Waals surface area contributed by atoms with Crippen LogP contribution in [0, 0.1) is 5.92 Å². The molecule has 29 heavy (non-hydrogen) atoms. The normalized spacial score (nSPS) is 19.0. The van der Waals surface area contributed by atoms with Gasteiger partial charge in [-0.1, -0.05) is 54.1 Å². The van der Waals surface area contributed by atoms with Crippen LogP contribution in [0.3, 0.4) is 0 Å². The first-order valence-corrected chi connectivity index (χ1v) is 11.1. The number of benzene rings is 1. The third-order valence-electron chi connectivity index (χ3n) is 4.56. The van der Waals surface area contributed by atoms with Crippen LogP contribution < -0.4 is 4.72 Å². The number of halogens is 2. The van der Waals surface area contributed by atoms with Gasteiger partial charge in [-0.05, 0) is 23.6 Å². The number of nitrogens with zero attached hydrogens (tertiary/aromatic N) is 4. The highest BCUT2D eigenvalue weighted by Crippen LogP contribution is 2.31. The first-order chi connectivity index (χ1) is 13.8. The fourth-order valence-corrected chi connectivity index (χ4v) is 4.82. The van der Waals surface area contributed by atoms with E-state index in [2.05, 4.69) is 19.7 Å². The molecule has 3 aromatic rings. The Balaban J connectivity index is 1.46. The summed E-state index contributed by atoms with van der Waals surface area (Å²) in [5.41, 5.74) is 1.45. The molecule has 1 N–H and O–H groups in total. The van der Waals surface area contributed by atoms with Crippen molar-refractivity contribution in [2.45, 2.75) is 18.2 Å². The summed E-state index contributed by atoms with van der Waals surface area (Å²) >= 11 is 11.9. The second-order valence-corrected chi connectivity index (χ2v) is 9.03. The van der Waals surface area contributed by atoms with E-state index in [1.165, 1.54) is 0 Å². The molecule has 0 saturated heterocycles. The number of sulfonamides is 1. The molecule has 0 saturated carbocycles. The van der Waals surface area contributed by atoms with Crippen LogP contribution in [0.1, 0.15) is 18.0 Å². The lowest BCUT2D eigenvalue weighted by Gasteiger charge is -2.14. The van der Waals surface area contributed by atoms with E-state index in [9.17, 15) is 13.2 Å². The first-order valence-electron chi connectivity index (χ1n) is 8.64. The molecule has 2 aromatic heterocycles. The van der Waals surface area contributed by atoms with Gasteiger partial charge in [-0.2, -0.15) is 4.98 Å². The maximum absolute atomic E-state index is 12.5. The van der Waals surface area contributed by atoms with Crippen LogP contribution in [0.15, 0.2) is 48.8 Å². The second-order valence-electron chi connectivity index (χ2n) is 6.61. The molecule has 11 heteroatoms. The van der Waals surface area contributed by atoms with Gasteiger partial charge in [0.15, 0.2) is 10.8 Å². The van der Waals surface area contributed by atoms with Crippen LogP contribution in [-0.4, -0.2) is 33.8 Å². The van der Waals surface area contributed by atoms with Crippen molar-refractivity contribution in [3.05, 3.63) is 64.8 Å². The van der Waals surface area contributed by atoms with Gasteiger partial charge in [0.2, 0.25) is 21.2 Å². The Morgan fingerprint density at radius 1 is 1.17 bits per heavy atom. The number of nitrogens with one attached hydrogen (secondary N) is 1. The number of fused-ring (bicyclic) bond motifs is 1. The number of hydrogen-bond acceptors (Lipinski definition) is 6. The average Bonchev–Trinajstić information content (AvgIpc) is 3.28. The Labute approximate surface area is 176 Å². The minimum atomic E-state index is -3.80. The zero-order valence-electron chi connectivity index (χ0n) is 14.9. The van der Waals surface area contributed by atoms with Crippen molar-refractivity contribution in [1.29, 1.82) is 0 Å². The van der Waals surface area contributed by atoms with Gasteiger partial charge in [-0.25, -0.2) is 18.4 Å². The molecule has 0 unspecified atom stereocenters. The van der Waals surface area contributed by atoms with E-state index in [-0.39, 0.29) is 22.2 Å². The van der Waals surface area contributed by atoms with Crippen molar-refractivity contribution in [1.82, 2.24) is 24.2 Å². The summed E-state index contributed by atoms with van der Waals surface area (Å²) in [6.45, 7) is 0. The number of carbonyl (C=O) groups is 1. The molecule has 0 aliphatic heterocycles. The molecule has 0 spiro atoms.